The maximum Gasteiger partial charge on any atom is 0.233 e. The molecule has 0 saturated carbocycles. The molecule has 1 aromatic rings. The van der Waals surface area contributed by atoms with Crippen molar-refractivity contribution in [3.8, 4) is 5.75 Å². The van der Waals surface area contributed by atoms with Crippen molar-refractivity contribution in [2.24, 2.45) is 17.8 Å². The molecule has 0 unspecified atom stereocenters. The van der Waals surface area contributed by atoms with Gasteiger partial charge in [-0.25, -0.2) is 0 Å². The molecule has 0 radical (unpaired) electrons. The van der Waals surface area contributed by atoms with Crippen LogP contribution in [-0.2, 0) is 25.6 Å². The van der Waals surface area contributed by atoms with Gasteiger partial charge in [-0.1, -0.05) is 42.8 Å². The second-order valence-electron chi connectivity index (χ2n) is 9.57. The number of aromatic hydroxyl groups is 1. The van der Waals surface area contributed by atoms with E-state index in [0.29, 0.717) is 48.1 Å². The van der Waals surface area contributed by atoms with Gasteiger partial charge in [0.2, 0.25) is 11.8 Å². The van der Waals surface area contributed by atoms with E-state index in [4.69, 9.17) is 0 Å². The van der Waals surface area contributed by atoms with Crippen molar-refractivity contribution in [2.45, 2.75) is 38.5 Å². The van der Waals surface area contributed by atoms with E-state index in [0.717, 1.165) is 5.57 Å². The lowest BCUT2D eigenvalue weighted by Gasteiger charge is -2.42. The van der Waals surface area contributed by atoms with Crippen molar-refractivity contribution in [1.82, 2.24) is 4.90 Å². The number of allylic oxidation sites excluding steroid dienone is 7. The van der Waals surface area contributed by atoms with Gasteiger partial charge in [-0.05, 0) is 53.1 Å². The Kier molecular flexibility index (Phi) is 5.99. The van der Waals surface area contributed by atoms with Gasteiger partial charge in [-0.3, -0.25) is 24.1 Å². The number of fused-ring (bicyclic) bond motifs is 3. The molecule has 1 aliphatic heterocycles. The van der Waals surface area contributed by atoms with Crippen molar-refractivity contribution < 1.29 is 24.3 Å². The first-order valence-corrected chi connectivity index (χ1v) is 12.7. The molecule has 180 valence electrons. The number of likely N-dealkylation sites (tertiary alicyclic amines) is 1. The van der Waals surface area contributed by atoms with E-state index in [-0.39, 0.29) is 40.0 Å². The summed E-state index contributed by atoms with van der Waals surface area (Å²) in [6.45, 7) is 6.06. The topological polar surface area (TPSA) is 91.8 Å². The maximum absolute atomic E-state index is 13.4. The number of para-hydroxylation sites is 1. The van der Waals surface area contributed by atoms with E-state index < -0.39 is 23.7 Å². The molecule has 1 N–H and O–H groups in total. The fourth-order valence-electron chi connectivity index (χ4n) is 6.24. The van der Waals surface area contributed by atoms with Crippen LogP contribution in [0.3, 0.4) is 0 Å². The zero-order valence-electron chi connectivity index (χ0n) is 19.4. The highest BCUT2D eigenvalue weighted by molar-refractivity contribution is 9.12. The summed E-state index contributed by atoms with van der Waals surface area (Å²) < 4.78 is 0.186. The summed E-state index contributed by atoms with van der Waals surface area (Å²) in [5, 5.41) is 11.2. The first kappa shape index (κ1) is 23.7. The Morgan fingerprint density at radius 2 is 1.94 bits per heavy atom. The van der Waals surface area contributed by atoms with Crippen LogP contribution in [0.2, 0.25) is 0 Å². The van der Waals surface area contributed by atoms with E-state index >= 15 is 0 Å². The Bertz CT molecular complexity index is 1290. The van der Waals surface area contributed by atoms with E-state index in [1.807, 2.05) is 19.1 Å². The van der Waals surface area contributed by atoms with Gasteiger partial charge in [0, 0.05) is 35.2 Å². The van der Waals surface area contributed by atoms with Crippen molar-refractivity contribution in [3.05, 3.63) is 75.3 Å². The van der Waals surface area contributed by atoms with Crippen molar-refractivity contribution in [1.29, 1.82) is 0 Å². The average molecular weight is 536 g/mol. The van der Waals surface area contributed by atoms with Crippen LogP contribution in [0.1, 0.15) is 43.2 Å². The van der Waals surface area contributed by atoms with Crippen LogP contribution in [0, 0.1) is 17.8 Å². The Balaban J connectivity index is 1.70. The largest absolute Gasteiger partial charge is 0.507 e. The van der Waals surface area contributed by atoms with Gasteiger partial charge in [0.1, 0.15) is 5.75 Å². The predicted octanol–water partition coefficient (Wildman–Crippen LogP) is 4.29. The summed E-state index contributed by atoms with van der Waals surface area (Å²) in [7, 11) is 0. The molecule has 7 heteroatoms. The smallest absolute Gasteiger partial charge is 0.233 e. The van der Waals surface area contributed by atoms with Gasteiger partial charge in [0.05, 0.1) is 16.3 Å². The Labute approximate surface area is 212 Å². The minimum absolute atomic E-state index is 0.0585. The summed E-state index contributed by atoms with van der Waals surface area (Å²) >= 11 is 3.23. The lowest BCUT2D eigenvalue weighted by atomic mass is 9.59. The number of hydrogen-bond donors (Lipinski definition) is 1. The number of phenolic OH excluding ortho intramolecular Hbond substituents is 1. The molecular formula is C28H26BrNO5. The zero-order chi connectivity index (χ0) is 25.0. The molecule has 0 aromatic heterocycles. The van der Waals surface area contributed by atoms with Gasteiger partial charge >= 0.3 is 0 Å². The highest BCUT2D eigenvalue weighted by Gasteiger charge is 2.56. The maximum atomic E-state index is 13.4. The van der Waals surface area contributed by atoms with Crippen LogP contribution in [0.25, 0.3) is 0 Å². The highest BCUT2D eigenvalue weighted by atomic mass is 79.9. The Morgan fingerprint density at radius 1 is 1.17 bits per heavy atom. The zero-order valence-corrected chi connectivity index (χ0v) is 21.0. The van der Waals surface area contributed by atoms with E-state index in [2.05, 4.69) is 22.5 Å². The number of carbonyl (C=O) groups excluding carboxylic acids is 4. The molecule has 1 fully saturated rings. The van der Waals surface area contributed by atoms with Gasteiger partial charge in [0.25, 0.3) is 0 Å². The number of hydrogen-bond acceptors (Lipinski definition) is 5. The number of ketones is 2. The summed E-state index contributed by atoms with van der Waals surface area (Å²) in [5.41, 5.74) is 2.75. The number of phenols is 1. The number of benzene rings is 1. The molecule has 1 saturated heterocycles. The van der Waals surface area contributed by atoms with E-state index in [1.165, 1.54) is 11.0 Å². The average Bonchev–Trinajstić information content (AvgIpc) is 3.08. The Morgan fingerprint density at radius 3 is 2.66 bits per heavy atom. The first-order valence-electron chi connectivity index (χ1n) is 12.0. The molecule has 35 heavy (non-hydrogen) atoms. The fourth-order valence-corrected chi connectivity index (χ4v) is 6.68. The normalized spacial score (nSPS) is 27.9. The summed E-state index contributed by atoms with van der Waals surface area (Å²) in [5.74, 6) is -2.95. The number of carbonyl (C=O) groups is 4. The number of halogens is 1. The predicted molar refractivity (Wildman–Crippen MR) is 134 cm³/mol. The number of imide groups is 1. The van der Waals surface area contributed by atoms with E-state index in [1.54, 1.807) is 18.2 Å². The van der Waals surface area contributed by atoms with Crippen LogP contribution in [-0.4, -0.2) is 39.9 Å². The van der Waals surface area contributed by atoms with Gasteiger partial charge < -0.3 is 5.11 Å². The molecule has 1 heterocycles. The molecule has 3 aliphatic carbocycles. The fraction of sp³-hybridized carbons (Fsp3) is 0.357. The lowest BCUT2D eigenvalue weighted by molar-refractivity contribution is -0.140. The molecule has 0 bridgehead atoms. The second-order valence-corrected chi connectivity index (χ2v) is 10.4. The molecule has 5 rings (SSSR count). The first-order chi connectivity index (χ1) is 16.8. The van der Waals surface area contributed by atoms with Gasteiger partial charge in [0.15, 0.2) is 11.6 Å². The third kappa shape index (κ3) is 3.51. The van der Waals surface area contributed by atoms with Gasteiger partial charge in [-0.15, -0.1) is 6.58 Å². The quantitative estimate of drug-likeness (QED) is 0.345. The number of nitrogens with zero attached hydrogens (tertiary/aromatic N) is 1. The van der Waals surface area contributed by atoms with E-state index in [9.17, 15) is 24.3 Å². The molecule has 0 spiro atoms. The summed E-state index contributed by atoms with van der Waals surface area (Å²) in [4.78, 5) is 54.4. The SMILES string of the molecule is C=CCc1cccc([C@H]2C3=CC[C@@H]4C(=O)N(CCC)C(=O)[C@@H]4[C@@H]3CC3=C2C(=O)C=C(Br)C3=O)c1O. The van der Waals surface area contributed by atoms with Crippen molar-refractivity contribution >= 4 is 39.3 Å². The molecule has 4 aliphatic rings. The monoisotopic (exact) mass is 535 g/mol. The molecular weight excluding hydrogens is 510 g/mol. The molecule has 2 amide bonds. The molecule has 1 aromatic carbocycles. The Hall–Kier alpha value is -3.06. The third-order valence-corrected chi connectivity index (χ3v) is 8.28. The van der Waals surface area contributed by atoms with Crippen LogP contribution < -0.4 is 0 Å². The second kappa shape index (κ2) is 8.86. The van der Waals surface area contributed by atoms with Crippen LogP contribution >= 0.6 is 15.9 Å². The minimum atomic E-state index is -0.661. The highest BCUT2D eigenvalue weighted by Crippen LogP contribution is 2.56. The van der Waals surface area contributed by atoms with Crippen LogP contribution in [0.15, 0.2) is 64.2 Å². The third-order valence-electron chi connectivity index (χ3n) is 7.70. The van der Waals surface area contributed by atoms with Crippen molar-refractivity contribution in [3.63, 3.8) is 0 Å². The standard InChI is InChI=1S/C28H26BrNO5/c1-3-6-14-7-5-8-16(25(14)32)22-15-9-10-17-23(28(35)30(11-4-2)27(17)34)18(15)12-19-24(22)21(31)13-20(29)26(19)33/h3,5,7-9,13,17-18,22-23,32H,1,4,6,10-12H2,2H3/t17-,18+,22+,23-/m0/s1. The van der Waals surface area contributed by atoms with Crippen LogP contribution in [0.5, 0.6) is 5.75 Å². The summed E-state index contributed by atoms with van der Waals surface area (Å²) in [6.07, 6.45) is 6.69. The van der Waals surface area contributed by atoms with Crippen LogP contribution in [0.4, 0.5) is 0 Å². The van der Waals surface area contributed by atoms with Gasteiger partial charge in [-0.2, -0.15) is 0 Å². The van der Waals surface area contributed by atoms with Crippen molar-refractivity contribution in [2.75, 3.05) is 6.54 Å². The molecule has 6 nitrogen and oxygen atoms in total. The minimum Gasteiger partial charge on any atom is -0.507 e. The lowest BCUT2D eigenvalue weighted by Crippen LogP contribution is -2.39. The molecule has 4 atom stereocenters. The number of amides is 2. The number of rotatable bonds is 5. The number of Topliss-reactive ketones (excluding diaryl/α,β-unsaturated/α-hetero) is 1. The summed E-state index contributed by atoms with van der Waals surface area (Å²) in [6, 6.07) is 5.38.